The molecular weight excluding hydrogens is 306 g/mol. The lowest BCUT2D eigenvalue weighted by Gasteiger charge is -2.47. The van der Waals surface area contributed by atoms with E-state index in [-0.39, 0.29) is 29.1 Å². The summed E-state index contributed by atoms with van der Waals surface area (Å²) in [5.41, 5.74) is 1.97. The highest BCUT2D eigenvalue weighted by molar-refractivity contribution is 5.55. The fraction of sp³-hybridized carbons (Fsp3) is 0.579. The Hall–Kier alpha value is -1.56. The number of methoxy groups -OCH3 is 2. The first-order valence-corrected chi connectivity index (χ1v) is 8.70. The van der Waals surface area contributed by atoms with Crippen LogP contribution in [0.3, 0.4) is 0 Å². The summed E-state index contributed by atoms with van der Waals surface area (Å²) in [4.78, 5) is 2.58. The topological polar surface area (TPSA) is 54.5 Å². The fourth-order valence-corrected chi connectivity index (χ4v) is 5.29. The number of aryl methyl sites for hydroxylation is 1. The molecular formula is C19H23NO4. The molecule has 3 heterocycles. The van der Waals surface area contributed by atoms with Gasteiger partial charge < -0.3 is 19.3 Å². The number of phenols is 1. The second-order valence-corrected chi connectivity index (χ2v) is 7.33. The molecule has 1 aromatic rings. The van der Waals surface area contributed by atoms with Crippen LogP contribution in [-0.2, 0) is 21.4 Å². The van der Waals surface area contributed by atoms with Crippen LogP contribution in [0.1, 0.15) is 24.0 Å². The Bertz CT molecular complexity index is 732. The number of epoxide rings is 1. The summed E-state index contributed by atoms with van der Waals surface area (Å²) in [6, 6.07) is 3.91. The number of rotatable bonds is 2. The third-order valence-electron chi connectivity index (χ3n) is 6.41. The van der Waals surface area contributed by atoms with Crippen molar-refractivity contribution >= 4 is 0 Å². The summed E-state index contributed by atoms with van der Waals surface area (Å²) < 4.78 is 17.3. The van der Waals surface area contributed by atoms with Crippen LogP contribution in [0, 0.1) is 0 Å². The van der Waals surface area contributed by atoms with Crippen molar-refractivity contribution in [2.75, 3.05) is 27.3 Å². The van der Waals surface area contributed by atoms with E-state index in [9.17, 15) is 5.11 Å². The van der Waals surface area contributed by atoms with Crippen molar-refractivity contribution in [2.45, 2.75) is 42.6 Å². The SMILES string of the molecule is COc1cc2c(cc1O)CCCN1C[C@H]3O[C@]34C=C[C@H](OC)C[C@]214. The second kappa shape index (κ2) is 4.75. The lowest BCUT2D eigenvalue weighted by Crippen LogP contribution is -2.54. The minimum atomic E-state index is -0.247. The van der Waals surface area contributed by atoms with E-state index in [1.54, 1.807) is 14.2 Å². The highest BCUT2D eigenvalue weighted by Crippen LogP contribution is 2.65. The number of nitrogens with zero attached hydrogens (tertiary/aromatic N) is 1. The number of phenolic OH excluding ortho intramolecular Hbond substituents is 1. The summed E-state index contributed by atoms with van der Waals surface area (Å²) in [5, 5.41) is 10.3. The maximum absolute atomic E-state index is 10.3. The lowest BCUT2D eigenvalue weighted by molar-refractivity contribution is -0.0222. The van der Waals surface area contributed by atoms with Gasteiger partial charge in [-0.15, -0.1) is 0 Å². The lowest BCUT2D eigenvalue weighted by atomic mass is 9.69. The van der Waals surface area contributed by atoms with Crippen molar-refractivity contribution in [2.24, 2.45) is 0 Å². The minimum Gasteiger partial charge on any atom is -0.504 e. The number of ether oxygens (including phenoxy) is 3. The van der Waals surface area contributed by atoms with E-state index in [0.717, 1.165) is 32.4 Å². The van der Waals surface area contributed by atoms with Gasteiger partial charge >= 0.3 is 0 Å². The molecule has 24 heavy (non-hydrogen) atoms. The summed E-state index contributed by atoms with van der Waals surface area (Å²) in [5.74, 6) is 0.754. The molecule has 2 fully saturated rings. The quantitative estimate of drug-likeness (QED) is 0.664. The van der Waals surface area contributed by atoms with Crippen molar-refractivity contribution in [1.29, 1.82) is 0 Å². The molecule has 5 heteroatoms. The molecule has 2 saturated heterocycles. The monoisotopic (exact) mass is 329 g/mol. The molecule has 4 atom stereocenters. The van der Waals surface area contributed by atoms with Crippen LogP contribution in [0.25, 0.3) is 0 Å². The van der Waals surface area contributed by atoms with Gasteiger partial charge in [0.05, 0.1) is 18.8 Å². The predicted octanol–water partition coefficient (Wildman–Crippen LogP) is 1.97. The predicted molar refractivity (Wildman–Crippen MR) is 88.4 cm³/mol. The standard InChI is InChI=1S/C19H23NO4/c1-22-13-5-6-19-17(24-19)11-20-7-3-4-12-8-15(21)16(23-2)9-14(12)18(19,20)10-13/h5-6,8-9,13,17,21H,3-4,7,10-11H2,1-2H3/t13-,17+,18+,19+/m0/s1. The molecule has 4 aliphatic rings. The van der Waals surface area contributed by atoms with Gasteiger partial charge in [-0.2, -0.15) is 0 Å². The van der Waals surface area contributed by atoms with Gasteiger partial charge in [0.25, 0.3) is 0 Å². The third kappa shape index (κ3) is 1.60. The van der Waals surface area contributed by atoms with Crippen molar-refractivity contribution < 1.29 is 19.3 Å². The van der Waals surface area contributed by atoms with Crippen LogP contribution in [0.2, 0.25) is 0 Å². The summed E-state index contributed by atoms with van der Waals surface area (Å²) >= 11 is 0. The van der Waals surface area contributed by atoms with Crippen LogP contribution < -0.4 is 4.74 Å². The Labute approximate surface area is 141 Å². The van der Waals surface area contributed by atoms with Gasteiger partial charge in [-0.05, 0) is 48.7 Å². The Kier molecular flexibility index (Phi) is 2.92. The Morgan fingerprint density at radius 2 is 2.21 bits per heavy atom. The molecule has 5 rings (SSSR count). The van der Waals surface area contributed by atoms with Crippen LogP contribution in [0.15, 0.2) is 24.3 Å². The minimum absolute atomic E-state index is 0.0758. The Balaban J connectivity index is 1.76. The average molecular weight is 329 g/mol. The summed E-state index contributed by atoms with van der Waals surface area (Å²) in [6.45, 7) is 2.01. The summed E-state index contributed by atoms with van der Waals surface area (Å²) in [6.07, 6.45) is 7.64. The molecule has 1 aliphatic carbocycles. The first-order valence-electron chi connectivity index (χ1n) is 8.70. The van der Waals surface area contributed by atoms with Crippen LogP contribution >= 0.6 is 0 Å². The smallest absolute Gasteiger partial charge is 0.160 e. The van der Waals surface area contributed by atoms with E-state index < -0.39 is 0 Å². The highest BCUT2D eigenvalue weighted by Gasteiger charge is 2.77. The van der Waals surface area contributed by atoms with Crippen LogP contribution in [-0.4, -0.2) is 55.1 Å². The zero-order chi connectivity index (χ0) is 16.5. The largest absolute Gasteiger partial charge is 0.504 e. The van der Waals surface area contributed by atoms with Gasteiger partial charge in [-0.3, -0.25) is 4.90 Å². The summed E-state index contributed by atoms with van der Waals surface area (Å²) in [7, 11) is 3.37. The van der Waals surface area contributed by atoms with Gasteiger partial charge in [0.15, 0.2) is 11.5 Å². The highest BCUT2D eigenvalue weighted by atomic mass is 16.6. The van der Waals surface area contributed by atoms with E-state index in [1.807, 2.05) is 12.1 Å². The van der Waals surface area contributed by atoms with E-state index in [1.165, 1.54) is 11.1 Å². The van der Waals surface area contributed by atoms with Crippen molar-refractivity contribution in [3.8, 4) is 11.5 Å². The van der Waals surface area contributed by atoms with Crippen molar-refractivity contribution in [3.63, 3.8) is 0 Å². The van der Waals surface area contributed by atoms with Gasteiger partial charge in [0.1, 0.15) is 11.7 Å². The van der Waals surface area contributed by atoms with E-state index >= 15 is 0 Å². The zero-order valence-corrected chi connectivity index (χ0v) is 14.1. The molecule has 1 aromatic carbocycles. The first kappa shape index (κ1) is 14.8. The van der Waals surface area contributed by atoms with E-state index in [2.05, 4.69) is 17.1 Å². The van der Waals surface area contributed by atoms with Gasteiger partial charge in [-0.1, -0.05) is 6.08 Å². The van der Waals surface area contributed by atoms with Gasteiger partial charge in [0, 0.05) is 20.1 Å². The molecule has 5 nitrogen and oxygen atoms in total. The molecule has 2 spiro atoms. The van der Waals surface area contributed by atoms with E-state index in [4.69, 9.17) is 14.2 Å². The molecule has 128 valence electrons. The number of hydrogen-bond donors (Lipinski definition) is 1. The van der Waals surface area contributed by atoms with Gasteiger partial charge in [0.2, 0.25) is 0 Å². The Morgan fingerprint density at radius 1 is 1.33 bits per heavy atom. The number of morpholine rings is 1. The number of hydrogen-bond acceptors (Lipinski definition) is 5. The average Bonchev–Trinajstić information content (AvgIpc) is 3.25. The third-order valence-corrected chi connectivity index (χ3v) is 6.41. The Morgan fingerprint density at radius 3 is 3.00 bits per heavy atom. The molecule has 0 radical (unpaired) electrons. The maximum atomic E-state index is 10.3. The molecule has 0 amide bonds. The van der Waals surface area contributed by atoms with Crippen LogP contribution in [0.4, 0.5) is 0 Å². The fourth-order valence-electron chi connectivity index (χ4n) is 5.29. The van der Waals surface area contributed by atoms with Gasteiger partial charge in [-0.25, -0.2) is 0 Å². The molecule has 1 N–H and O–H groups in total. The normalized spacial score (nSPS) is 39.4. The van der Waals surface area contributed by atoms with E-state index in [0.29, 0.717) is 5.75 Å². The number of fused-ring (bicyclic) bond motifs is 1. The number of aromatic hydroxyl groups is 1. The van der Waals surface area contributed by atoms with Crippen molar-refractivity contribution in [3.05, 3.63) is 35.4 Å². The molecule has 0 saturated carbocycles. The molecule has 0 unspecified atom stereocenters. The molecule has 0 bridgehead atoms. The zero-order valence-electron chi connectivity index (χ0n) is 14.1. The maximum Gasteiger partial charge on any atom is 0.160 e. The van der Waals surface area contributed by atoms with Crippen molar-refractivity contribution in [1.82, 2.24) is 4.90 Å². The molecule has 3 aliphatic heterocycles. The second-order valence-electron chi connectivity index (χ2n) is 7.33. The first-order chi connectivity index (χ1) is 11.6. The number of benzene rings is 1. The molecule has 0 aromatic heterocycles. The van der Waals surface area contributed by atoms with Crippen LogP contribution in [0.5, 0.6) is 11.5 Å².